The summed E-state index contributed by atoms with van der Waals surface area (Å²) in [6.07, 6.45) is 9.50. The smallest absolute Gasteiger partial charge is 0.246 e. The zero-order chi connectivity index (χ0) is 26.2. The number of para-hydroxylation sites is 1. The third kappa shape index (κ3) is 4.29. The van der Waals surface area contributed by atoms with Crippen LogP contribution in [0, 0.1) is 17.8 Å². The van der Waals surface area contributed by atoms with Crippen LogP contribution in [-0.2, 0) is 4.79 Å². The first-order valence-corrected chi connectivity index (χ1v) is 13.2. The van der Waals surface area contributed by atoms with Crippen LogP contribution in [0.2, 0.25) is 0 Å². The molecule has 1 aromatic carbocycles. The minimum Gasteiger partial charge on any atom is -0.383 e. The van der Waals surface area contributed by atoms with Gasteiger partial charge in [-0.25, -0.2) is 9.97 Å². The van der Waals surface area contributed by atoms with Crippen molar-refractivity contribution in [3.05, 3.63) is 61.2 Å². The Morgan fingerprint density at radius 1 is 1.11 bits per heavy atom. The number of likely N-dealkylation sites (tertiary alicyclic amines) is 1. The number of carbonyl (C=O) groups is 1. The molecule has 6 rings (SSSR count). The number of hydrogen-bond donors (Lipinski definition) is 2. The number of pyridine rings is 1. The van der Waals surface area contributed by atoms with Crippen LogP contribution in [-0.4, -0.2) is 49.5 Å². The summed E-state index contributed by atoms with van der Waals surface area (Å²) in [5.41, 5.74) is 17.0. The quantitative estimate of drug-likeness (QED) is 0.320. The Balaban J connectivity index is 1.57. The molecule has 1 aliphatic heterocycles. The van der Waals surface area contributed by atoms with Crippen molar-refractivity contribution in [2.75, 3.05) is 18.8 Å². The second-order valence-corrected chi connectivity index (χ2v) is 10.3. The summed E-state index contributed by atoms with van der Waals surface area (Å²) in [7, 11) is 0. The predicted molar refractivity (Wildman–Crippen MR) is 150 cm³/mol. The summed E-state index contributed by atoms with van der Waals surface area (Å²) >= 11 is 0. The first-order chi connectivity index (χ1) is 18.5. The second-order valence-electron chi connectivity index (χ2n) is 10.3. The summed E-state index contributed by atoms with van der Waals surface area (Å²) in [6, 6.07) is 10.4. The largest absolute Gasteiger partial charge is 0.383 e. The fraction of sp³-hybridized carbons (Fsp3) is 0.333. The molecule has 2 fully saturated rings. The number of rotatable bonds is 3. The molecule has 192 valence electrons. The number of fused-ring (bicyclic) bond motifs is 2. The molecule has 1 saturated heterocycles. The van der Waals surface area contributed by atoms with Gasteiger partial charge in [0, 0.05) is 47.8 Å². The van der Waals surface area contributed by atoms with Gasteiger partial charge in [-0.2, -0.15) is 0 Å². The van der Waals surface area contributed by atoms with Gasteiger partial charge >= 0.3 is 0 Å². The summed E-state index contributed by atoms with van der Waals surface area (Å²) in [6.45, 7) is 4.87. The predicted octanol–water partition coefficient (Wildman–Crippen LogP) is 4.06. The highest BCUT2D eigenvalue weighted by atomic mass is 16.2. The zero-order valence-corrected chi connectivity index (χ0v) is 21.3. The minimum atomic E-state index is -0.0665. The number of aromatic nitrogens is 4. The Bertz CT molecular complexity index is 1600. The number of anilines is 1. The Morgan fingerprint density at radius 3 is 2.74 bits per heavy atom. The normalized spacial score (nSPS) is 21.4. The molecule has 0 bridgehead atoms. The maximum atomic E-state index is 12.4. The van der Waals surface area contributed by atoms with E-state index in [1.807, 2.05) is 29.3 Å². The lowest BCUT2D eigenvalue weighted by Gasteiger charge is -2.22. The summed E-state index contributed by atoms with van der Waals surface area (Å²) < 4.78 is 2.18. The lowest BCUT2D eigenvalue weighted by Crippen LogP contribution is -2.27. The van der Waals surface area contributed by atoms with E-state index in [0.717, 1.165) is 70.9 Å². The van der Waals surface area contributed by atoms with Crippen molar-refractivity contribution in [2.24, 2.45) is 11.7 Å². The van der Waals surface area contributed by atoms with Crippen LogP contribution in [0.5, 0.6) is 0 Å². The molecule has 2 aliphatic rings. The molecule has 4 aromatic rings. The average Bonchev–Trinajstić information content (AvgIpc) is 3.55. The number of amides is 1. The van der Waals surface area contributed by atoms with Crippen molar-refractivity contribution in [2.45, 2.75) is 44.2 Å². The fourth-order valence-electron chi connectivity index (χ4n) is 5.84. The summed E-state index contributed by atoms with van der Waals surface area (Å²) in [5, 5.41) is 1.80. The third-order valence-corrected chi connectivity index (χ3v) is 7.87. The van der Waals surface area contributed by atoms with Crippen LogP contribution < -0.4 is 11.5 Å². The van der Waals surface area contributed by atoms with Crippen LogP contribution in [0.4, 0.5) is 5.82 Å². The molecular weight excluding hydrogens is 474 g/mol. The van der Waals surface area contributed by atoms with Gasteiger partial charge in [0.05, 0.1) is 16.9 Å². The maximum absolute atomic E-state index is 12.4. The molecule has 0 radical (unpaired) electrons. The Kier molecular flexibility index (Phi) is 6.30. The van der Waals surface area contributed by atoms with E-state index in [9.17, 15) is 4.79 Å². The van der Waals surface area contributed by atoms with Gasteiger partial charge in [-0.15, -0.1) is 0 Å². The van der Waals surface area contributed by atoms with E-state index in [4.69, 9.17) is 21.4 Å². The molecule has 38 heavy (non-hydrogen) atoms. The number of nitrogens with two attached hydrogens (primary N) is 2. The van der Waals surface area contributed by atoms with Gasteiger partial charge in [-0.05, 0) is 56.2 Å². The van der Waals surface area contributed by atoms with Crippen molar-refractivity contribution in [1.29, 1.82) is 0 Å². The van der Waals surface area contributed by atoms with Crippen molar-refractivity contribution in [3.63, 3.8) is 0 Å². The van der Waals surface area contributed by atoms with E-state index in [1.54, 1.807) is 0 Å². The summed E-state index contributed by atoms with van der Waals surface area (Å²) in [5.74, 6) is 7.75. The van der Waals surface area contributed by atoms with E-state index in [2.05, 4.69) is 40.1 Å². The number of nitrogens with zero attached hydrogens (tertiary/aromatic N) is 5. The third-order valence-electron chi connectivity index (χ3n) is 7.87. The van der Waals surface area contributed by atoms with Crippen molar-refractivity contribution >= 4 is 33.7 Å². The van der Waals surface area contributed by atoms with Crippen molar-refractivity contribution in [1.82, 2.24) is 24.4 Å². The SMILES string of the molecule is C=CC(=O)N1CC[C@@H](n2c(C#CC3CCC(N)CC3)c(-c3cnc4ccccc4c3)c3c(N)ncnc32)C1. The highest BCUT2D eigenvalue weighted by molar-refractivity contribution is 6.04. The minimum absolute atomic E-state index is 0.00180. The maximum Gasteiger partial charge on any atom is 0.246 e. The first kappa shape index (κ1) is 24.1. The van der Waals surface area contributed by atoms with E-state index >= 15 is 0 Å². The number of hydrogen-bond acceptors (Lipinski definition) is 6. The van der Waals surface area contributed by atoms with Crippen LogP contribution in [0.1, 0.15) is 43.8 Å². The van der Waals surface area contributed by atoms with Crippen LogP contribution >= 0.6 is 0 Å². The first-order valence-electron chi connectivity index (χ1n) is 13.2. The molecule has 1 aliphatic carbocycles. The Morgan fingerprint density at radius 2 is 1.92 bits per heavy atom. The van der Waals surface area contributed by atoms with Gasteiger partial charge < -0.3 is 20.9 Å². The number of nitrogen functional groups attached to an aromatic ring is 1. The van der Waals surface area contributed by atoms with Gasteiger partial charge in [0.2, 0.25) is 5.91 Å². The molecule has 1 amide bonds. The molecule has 8 heteroatoms. The Hall–Kier alpha value is -4.22. The molecular formula is C30H31N7O. The molecule has 4 N–H and O–H groups in total. The number of benzene rings is 1. The van der Waals surface area contributed by atoms with E-state index < -0.39 is 0 Å². The molecule has 3 aromatic heterocycles. The highest BCUT2D eigenvalue weighted by Crippen LogP contribution is 2.40. The van der Waals surface area contributed by atoms with Crippen LogP contribution in [0.25, 0.3) is 33.1 Å². The van der Waals surface area contributed by atoms with E-state index in [-0.39, 0.29) is 23.9 Å². The molecule has 0 unspecified atom stereocenters. The molecule has 0 spiro atoms. The van der Waals surface area contributed by atoms with Crippen LogP contribution in [0.15, 0.2) is 55.5 Å². The second kappa shape index (κ2) is 9.92. The topological polar surface area (TPSA) is 116 Å². The van der Waals surface area contributed by atoms with Gasteiger partial charge in [0.25, 0.3) is 0 Å². The average molecular weight is 506 g/mol. The molecule has 1 saturated carbocycles. The van der Waals surface area contributed by atoms with Gasteiger partial charge in [-0.1, -0.05) is 30.7 Å². The zero-order valence-electron chi connectivity index (χ0n) is 21.3. The Labute approximate surface area is 221 Å². The lowest BCUT2D eigenvalue weighted by molar-refractivity contribution is -0.125. The summed E-state index contributed by atoms with van der Waals surface area (Å²) in [4.78, 5) is 28.0. The van der Waals surface area contributed by atoms with Crippen molar-refractivity contribution < 1.29 is 4.79 Å². The van der Waals surface area contributed by atoms with E-state index in [0.29, 0.717) is 18.9 Å². The molecule has 1 atom stereocenters. The van der Waals surface area contributed by atoms with Crippen molar-refractivity contribution in [3.8, 4) is 23.0 Å². The highest BCUT2D eigenvalue weighted by Gasteiger charge is 2.32. The van der Waals surface area contributed by atoms with E-state index in [1.165, 1.54) is 12.4 Å². The lowest BCUT2D eigenvalue weighted by atomic mass is 9.87. The molecule has 8 nitrogen and oxygen atoms in total. The van der Waals surface area contributed by atoms with Gasteiger partial charge in [-0.3, -0.25) is 9.78 Å². The fourth-order valence-corrected chi connectivity index (χ4v) is 5.84. The monoisotopic (exact) mass is 505 g/mol. The van der Waals surface area contributed by atoms with Gasteiger partial charge in [0.15, 0.2) is 0 Å². The van der Waals surface area contributed by atoms with Crippen LogP contribution in [0.3, 0.4) is 0 Å². The number of carbonyl (C=O) groups excluding carboxylic acids is 1. The van der Waals surface area contributed by atoms with Gasteiger partial charge in [0.1, 0.15) is 23.5 Å². The standard InChI is InChI=1S/C30H31N7O/c1-2-26(38)36-14-13-23(17-36)37-25(12-9-19-7-10-22(31)11-8-19)27(28-29(32)34-18-35-30(28)37)21-15-20-5-3-4-6-24(20)33-16-21/h2-6,15-16,18-19,22-23H,1,7-8,10-11,13-14,17,31H2,(H2,32,34,35)/t19?,22?,23-/m1/s1. The molecule has 4 heterocycles.